The third-order valence-corrected chi connectivity index (χ3v) is 18.4. The van der Waals surface area contributed by atoms with Crippen molar-refractivity contribution in [2.45, 2.75) is 32.4 Å². The van der Waals surface area contributed by atoms with Crippen LogP contribution in [0.3, 0.4) is 0 Å². The maximum absolute atomic E-state index is 13.2. The molecule has 0 radical (unpaired) electrons. The quantitative estimate of drug-likeness (QED) is 0.156. The lowest BCUT2D eigenvalue weighted by atomic mass is 10.3. The Bertz CT molecular complexity index is 2400. The molecule has 4 aromatic carbocycles. The molecule has 2 heterocycles. The maximum atomic E-state index is 13.2. The third kappa shape index (κ3) is 11.2. The molecule has 2 aliphatic heterocycles. The van der Waals surface area contributed by atoms with Gasteiger partial charge in [0.2, 0.25) is 40.1 Å². The number of hydrogen-bond donors (Lipinski definition) is 0. The van der Waals surface area contributed by atoms with Gasteiger partial charge in [-0.05, 0) is 61.4 Å². The summed E-state index contributed by atoms with van der Waals surface area (Å²) in [6.45, 7) is 0.825. The van der Waals surface area contributed by atoms with Gasteiger partial charge in [0, 0.05) is 76.6 Å². The Morgan fingerprint density at radius 1 is 0.288 bits per heavy atom. The van der Waals surface area contributed by atoms with Crippen molar-refractivity contribution < 1.29 is 71.6 Å². The molecule has 0 spiro atoms. The number of rotatable bonds is 16. The van der Waals surface area contributed by atoms with E-state index in [4.69, 9.17) is 37.9 Å². The SMILES string of the molecule is COc1ccc(S(=O)(=O)N2CCCN(S(=O)(=O)c3ccc(OC)c(OC)c3)CC2)cc1OC.COc1ccc(S(=O)(=O)N2CCCN(S(=O)(=O)c3ccc(OC)c(OC)c3)CC2)cc1OC. The van der Waals surface area contributed by atoms with Crippen molar-refractivity contribution in [2.24, 2.45) is 0 Å². The Balaban J connectivity index is 0.000000247. The molecule has 2 fully saturated rings. The fourth-order valence-electron chi connectivity index (χ4n) is 7.21. The molecule has 20 nitrogen and oxygen atoms in total. The Labute approximate surface area is 387 Å². The number of methoxy groups -OCH3 is 8. The van der Waals surface area contributed by atoms with Crippen LogP contribution >= 0.6 is 0 Å². The van der Waals surface area contributed by atoms with Crippen LogP contribution in [0.15, 0.2) is 92.4 Å². The molecule has 66 heavy (non-hydrogen) atoms. The van der Waals surface area contributed by atoms with Gasteiger partial charge in [-0.15, -0.1) is 0 Å². The van der Waals surface area contributed by atoms with E-state index in [1.807, 2.05) is 0 Å². The van der Waals surface area contributed by atoms with Gasteiger partial charge in [0.1, 0.15) is 0 Å². The number of hydrogen-bond acceptors (Lipinski definition) is 16. The van der Waals surface area contributed by atoms with Crippen LogP contribution in [0.5, 0.6) is 46.0 Å². The molecular formula is C42H56N4O16S4. The largest absolute Gasteiger partial charge is 0.493 e. The summed E-state index contributed by atoms with van der Waals surface area (Å²) < 4.78 is 152. The van der Waals surface area contributed by atoms with Crippen LogP contribution in [0.25, 0.3) is 0 Å². The van der Waals surface area contributed by atoms with Crippen molar-refractivity contribution in [3.05, 3.63) is 72.8 Å². The number of sulfonamides is 4. The minimum Gasteiger partial charge on any atom is -0.493 e. The van der Waals surface area contributed by atoms with E-state index in [2.05, 4.69) is 0 Å². The molecule has 2 aliphatic rings. The van der Waals surface area contributed by atoms with E-state index in [-0.39, 0.29) is 71.9 Å². The monoisotopic (exact) mass is 1000 g/mol. The van der Waals surface area contributed by atoms with Crippen molar-refractivity contribution in [1.29, 1.82) is 0 Å². The average Bonchev–Trinajstić information content (AvgIpc) is 3.77. The molecule has 0 amide bonds. The van der Waals surface area contributed by atoms with E-state index in [1.165, 1.54) is 147 Å². The van der Waals surface area contributed by atoms with E-state index in [0.29, 0.717) is 58.8 Å². The zero-order chi connectivity index (χ0) is 48.5. The van der Waals surface area contributed by atoms with Crippen molar-refractivity contribution in [3.63, 3.8) is 0 Å². The summed E-state index contributed by atoms with van der Waals surface area (Å²) in [5.41, 5.74) is 0. The van der Waals surface area contributed by atoms with Gasteiger partial charge in [-0.3, -0.25) is 0 Å². The van der Waals surface area contributed by atoms with E-state index in [0.717, 1.165) is 0 Å². The van der Waals surface area contributed by atoms with Gasteiger partial charge in [-0.2, -0.15) is 17.2 Å². The average molecular weight is 1000 g/mol. The highest BCUT2D eigenvalue weighted by atomic mass is 32.2. The van der Waals surface area contributed by atoms with Crippen molar-refractivity contribution >= 4 is 40.1 Å². The molecule has 0 saturated carbocycles. The molecule has 0 atom stereocenters. The topological polar surface area (TPSA) is 223 Å². The summed E-state index contributed by atoms with van der Waals surface area (Å²) in [5, 5.41) is 0. The zero-order valence-corrected chi connectivity index (χ0v) is 41.2. The minimum absolute atomic E-state index is 0.0171. The predicted octanol–water partition coefficient (Wildman–Crippen LogP) is 3.61. The highest BCUT2D eigenvalue weighted by Gasteiger charge is 2.34. The Hall–Kier alpha value is -5.08. The number of benzene rings is 4. The summed E-state index contributed by atoms with van der Waals surface area (Å²) >= 11 is 0. The van der Waals surface area contributed by atoms with Gasteiger partial charge in [0.05, 0.1) is 76.5 Å². The first-order valence-electron chi connectivity index (χ1n) is 20.3. The number of ether oxygens (including phenoxy) is 8. The van der Waals surface area contributed by atoms with Gasteiger partial charge >= 0.3 is 0 Å². The van der Waals surface area contributed by atoms with Crippen molar-refractivity contribution in [2.75, 3.05) is 109 Å². The molecule has 0 N–H and O–H groups in total. The van der Waals surface area contributed by atoms with Gasteiger partial charge in [0.25, 0.3) is 0 Å². The van der Waals surface area contributed by atoms with Crippen LogP contribution in [-0.4, -0.2) is 160 Å². The van der Waals surface area contributed by atoms with Gasteiger partial charge in [0.15, 0.2) is 46.0 Å². The molecule has 6 rings (SSSR count). The lowest BCUT2D eigenvalue weighted by Gasteiger charge is -2.22. The Morgan fingerprint density at radius 3 is 0.636 bits per heavy atom. The first-order valence-corrected chi connectivity index (χ1v) is 26.0. The summed E-state index contributed by atoms with van der Waals surface area (Å²) in [6.07, 6.45) is 0.693. The summed E-state index contributed by atoms with van der Waals surface area (Å²) in [7, 11) is -3.85. The predicted molar refractivity (Wildman–Crippen MR) is 242 cm³/mol. The molecule has 0 aliphatic carbocycles. The smallest absolute Gasteiger partial charge is 0.243 e. The van der Waals surface area contributed by atoms with Gasteiger partial charge < -0.3 is 37.9 Å². The molecule has 2 saturated heterocycles. The first kappa shape index (κ1) is 51.9. The lowest BCUT2D eigenvalue weighted by Crippen LogP contribution is -2.37. The number of nitrogens with zero attached hydrogens (tertiary/aromatic N) is 4. The van der Waals surface area contributed by atoms with Crippen LogP contribution in [0.4, 0.5) is 0 Å². The van der Waals surface area contributed by atoms with Crippen molar-refractivity contribution in [1.82, 2.24) is 17.2 Å². The van der Waals surface area contributed by atoms with E-state index in [9.17, 15) is 33.7 Å². The summed E-state index contributed by atoms with van der Waals surface area (Å²) in [4.78, 5) is 0.209. The fraction of sp³-hybridized carbons (Fsp3) is 0.429. The normalized spacial score (nSPS) is 16.1. The van der Waals surface area contributed by atoms with Crippen LogP contribution < -0.4 is 37.9 Å². The van der Waals surface area contributed by atoms with Crippen LogP contribution in [-0.2, 0) is 40.1 Å². The Kier molecular flexibility index (Phi) is 17.4. The molecule has 0 aromatic heterocycles. The second-order valence-corrected chi connectivity index (χ2v) is 22.1. The third-order valence-electron chi connectivity index (χ3n) is 10.8. The van der Waals surface area contributed by atoms with E-state index in [1.54, 1.807) is 0 Å². The van der Waals surface area contributed by atoms with Crippen LogP contribution in [0.2, 0.25) is 0 Å². The second-order valence-electron chi connectivity index (χ2n) is 14.4. The van der Waals surface area contributed by atoms with Gasteiger partial charge in [-0.1, -0.05) is 0 Å². The first-order chi connectivity index (χ1) is 31.4. The van der Waals surface area contributed by atoms with Crippen LogP contribution in [0, 0.1) is 0 Å². The standard InChI is InChI=1S/2C21H28N2O8S2/c2*1-28-18-8-6-16(14-20(18)30-3)32(24,25)22-10-5-11-23(13-12-22)33(26,27)17-7-9-19(29-2)21(15-17)31-4/h2*6-9,14-15H,5,10-13H2,1-4H3. The lowest BCUT2D eigenvalue weighted by molar-refractivity contribution is 0.353. The zero-order valence-electron chi connectivity index (χ0n) is 38.0. The van der Waals surface area contributed by atoms with E-state index < -0.39 is 40.1 Å². The van der Waals surface area contributed by atoms with Crippen LogP contribution in [0.1, 0.15) is 12.8 Å². The highest BCUT2D eigenvalue weighted by Crippen LogP contribution is 2.35. The molecule has 364 valence electrons. The molecule has 24 heteroatoms. The molecule has 4 aromatic rings. The van der Waals surface area contributed by atoms with Gasteiger partial charge in [-0.25, -0.2) is 33.7 Å². The van der Waals surface area contributed by atoms with Crippen molar-refractivity contribution in [3.8, 4) is 46.0 Å². The molecular weight excluding hydrogens is 945 g/mol. The minimum atomic E-state index is -3.86. The van der Waals surface area contributed by atoms with E-state index >= 15 is 0 Å². The highest BCUT2D eigenvalue weighted by molar-refractivity contribution is 7.90. The fourth-order valence-corrected chi connectivity index (χ4v) is 13.1. The molecule has 0 bridgehead atoms. The molecule has 0 unspecified atom stereocenters. The Morgan fingerprint density at radius 2 is 0.470 bits per heavy atom. The second kappa shape index (κ2) is 22.1. The summed E-state index contributed by atoms with van der Waals surface area (Å²) in [6, 6.07) is 17.5. The maximum Gasteiger partial charge on any atom is 0.243 e. The summed E-state index contributed by atoms with van der Waals surface area (Å²) in [5.74, 6) is 2.85.